The van der Waals surface area contributed by atoms with Gasteiger partial charge >= 0.3 is 0 Å². The lowest BCUT2D eigenvalue weighted by atomic mass is 10.3. The normalized spacial score (nSPS) is 10.5. The molecular weight excluding hydrogens is 379 g/mol. The van der Waals surface area contributed by atoms with E-state index in [1.165, 1.54) is 12.1 Å². The van der Waals surface area contributed by atoms with Crippen LogP contribution in [0, 0.1) is 10.6 Å². The summed E-state index contributed by atoms with van der Waals surface area (Å²) in [4.78, 5) is 12.0. The molecule has 0 spiro atoms. The van der Waals surface area contributed by atoms with Crippen LogP contribution in [0.15, 0.2) is 48.5 Å². The molecule has 9 heteroatoms. The quantitative estimate of drug-likeness (QED) is 0.630. The number of nitrogens with one attached hydrogen (secondary N) is 2. The van der Waals surface area contributed by atoms with Crippen molar-refractivity contribution >= 4 is 29.7 Å². The van der Waals surface area contributed by atoms with Crippen LogP contribution in [0.25, 0.3) is 5.69 Å². The highest BCUT2D eigenvalue weighted by atomic mass is 35.5. The molecule has 0 fully saturated rings. The summed E-state index contributed by atoms with van der Waals surface area (Å²) in [5, 5.41) is 10.1. The van der Waals surface area contributed by atoms with Crippen LogP contribution in [0.4, 0.5) is 4.39 Å². The Hall–Kier alpha value is -2.71. The van der Waals surface area contributed by atoms with Crippen molar-refractivity contribution in [2.24, 2.45) is 0 Å². The van der Waals surface area contributed by atoms with Crippen LogP contribution in [0.3, 0.4) is 0 Å². The van der Waals surface area contributed by atoms with Gasteiger partial charge in [0.25, 0.3) is 5.91 Å². The van der Waals surface area contributed by atoms with Crippen LogP contribution in [0.5, 0.6) is 5.75 Å². The summed E-state index contributed by atoms with van der Waals surface area (Å²) in [7, 11) is 0. The highest BCUT2D eigenvalue weighted by Gasteiger charge is 2.10. The third-order valence-electron chi connectivity index (χ3n) is 3.45. The minimum Gasteiger partial charge on any atom is -0.484 e. The molecule has 0 aliphatic heterocycles. The van der Waals surface area contributed by atoms with E-state index in [2.05, 4.69) is 15.5 Å². The zero-order chi connectivity index (χ0) is 18.5. The molecule has 26 heavy (non-hydrogen) atoms. The van der Waals surface area contributed by atoms with Crippen molar-refractivity contribution in [1.82, 2.24) is 20.1 Å². The maximum atomic E-state index is 13.1. The minimum absolute atomic E-state index is 0.132. The number of halogens is 2. The van der Waals surface area contributed by atoms with E-state index in [0.29, 0.717) is 27.1 Å². The predicted molar refractivity (Wildman–Crippen MR) is 97.5 cm³/mol. The van der Waals surface area contributed by atoms with E-state index in [0.717, 1.165) is 0 Å². The number of rotatable bonds is 6. The van der Waals surface area contributed by atoms with E-state index in [9.17, 15) is 9.18 Å². The molecule has 2 N–H and O–H groups in total. The smallest absolute Gasteiger partial charge is 0.258 e. The monoisotopic (exact) mass is 392 g/mol. The van der Waals surface area contributed by atoms with Crippen LogP contribution in [0.1, 0.15) is 5.82 Å². The third-order valence-corrected chi connectivity index (χ3v) is 3.98. The fourth-order valence-electron chi connectivity index (χ4n) is 2.21. The predicted octanol–water partition coefficient (Wildman–Crippen LogP) is 3.42. The van der Waals surface area contributed by atoms with E-state index in [4.69, 9.17) is 28.6 Å². The number of hydrogen-bond donors (Lipinski definition) is 2. The Labute approximate surface area is 158 Å². The molecule has 0 aliphatic carbocycles. The van der Waals surface area contributed by atoms with Crippen molar-refractivity contribution < 1.29 is 13.9 Å². The van der Waals surface area contributed by atoms with Gasteiger partial charge in [-0.3, -0.25) is 14.5 Å². The first-order valence-corrected chi connectivity index (χ1v) is 8.39. The van der Waals surface area contributed by atoms with Crippen LogP contribution in [-0.4, -0.2) is 27.3 Å². The number of carbonyl (C=O) groups excluding carboxylic acids is 1. The van der Waals surface area contributed by atoms with Crippen molar-refractivity contribution in [2.45, 2.75) is 6.54 Å². The molecule has 1 amide bonds. The van der Waals surface area contributed by atoms with E-state index < -0.39 is 0 Å². The van der Waals surface area contributed by atoms with Crippen LogP contribution in [0.2, 0.25) is 5.02 Å². The second-order valence-corrected chi connectivity index (χ2v) is 6.10. The van der Waals surface area contributed by atoms with Gasteiger partial charge in [-0.1, -0.05) is 11.6 Å². The zero-order valence-corrected chi connectivity index (χ0v) is 15.0. The maximum Gasteiger partial charge on any atom is 0.258 e. The molecule has 0 radical (unpaired) electrons. The van der Waals surface area contributed by atoms with Crippen molar-refractivity contribution in [3.05, 3.63) is 70.0 Å². The standard InChI is InChI=1S/C17H14ClFN4O2S/c18-11-1-7-14(8-2-11)25-10-16(24)20-9-15-21-22-17(26)23(15)13-5-3-12(19)4-6-13/h1-8H,9-10H2,(H,20,24)(H,22,26). The summed E-state index contributed by atoms with van der Waals surface area (Å²) in [5.41, 5.74) is 0.645. The van der Waals surface area contributed by atoms with Crippen LogP contribution in [-0.2, 0) is 11.3 Å². The highest BCUT2D eigenvalue weighted by Crippen LogP contribution is 2.15. The van der Waals surface area contributed by atoms with Crippen molar-refractivity contribution in [2.75, 3.05) is 6.61 Å². The molecule has 0 saturated heterocycles. The fourth-order valence-corrected chi connectivity index (χ4v) is 2.60. The van der Waals surface area contributed by atoms with E-state index in [1.54, 1.807) is 41.0 Å². The molecule has 6 nitrogen and oxygen atoms in total. The summed E-state index contributed by atoms with van der Waals surface area (Å²) in [6.07, 6.45) is 0. The Morgan fingerprint density at radius 3 is 2.62 bits per heavy atom. The number of H-pyrrole nitrogens is 1. The molecule has 1 aromatic heterocycles. The molecule has 0 aliphatic rings. The van der Waals surface area contributed by atoms with Crippen LogP contribution < -0.4 is 10.1 Å². The van der Waals surface area contributed by atoms with Gasteiger partial charge in [0, 0.05) is 10.7 Å². The van der Waals surface area contributed by atoms with Gasteiger partial charge in [0.05, 0.1) is 6.54 Å². The van der Waals surface area contributed by atoms with Gasteiger partial charge in [-0.15, -0.1) is 0 Å². The molecule has 3 aromatic rings. The van der Waals surface area contributed by atoms with E-state index in [1.807, 2.05) is 0 Å². The molecule has 3 rings (SSSR count). The molecule has 0 atom stereocenters. The Kier molecular flexibility index (Phi) is 5.65. The second kappa shape index (κ2) is 8.11. The molecule has 0 unspecified atom stereocenters. The van der Waals surface area contributed by atoms with Crippen molar-refractivity contribution in [3.8, 4) is 11.4 Å². The lowest BCUT2D eigenvalue weighted by molar-refractivity contribution is -0.123. The van der Waals surface area contributed by atoms with Crippen LogP contribution >= 0.6 is 23.8 Å². The Morgan fingerprint density at radius 2 is 1.92 bits per heavy atom. The topological polar surface area (TPSA) is 71.9 Å². The van der Waals surface area contributed by atoms with Gasteiger partial charge in [-0.2, -0.15) is 5.10 Å². The molecule has 2 aromatic carbocycles. The minimum atomic E-state index is -0.349. The number of ether oxygens (including phenoxy) is 1. The first kappa shape index (κ1) is 18.1. The highest BCUT2D eigenvalue weighted by molar-refractivity contribution is 7.71. The second-order valence-electron chi connectivity index (χ2n) is 5.28. The number of carbonyl (C=O) groups is 1. The first-order valence-electron chi connectivity index (χ1n) is 7.60. The van der Waals surface area contributed by atoms with Gasteiger partial charge in [-0.05, 0) is 60.7 Å². The summed E-state index contributed by atoms with van der Waals surface area (Å²) in [5.74, 6) is 0.359. The lowest BCUT2D eigenvalue weighted by Gasteiger charge is -2.09. The first-order chi connectivity index (χ1) is 12.5. The maximum absolute atomic E-state index is 13.1. The van der Waals surface area contributed by atoms with Crippen molar-refractivity contribution in [3.63, 3.8) is 0 Å². The number of aromatic nitrogens is 3. The molecule has 1 heterocycles. The fraction of sp³-hybridized carbons (Fsp3) is 0.118. The average molecular weight is 393 g/mol. The van der Waals surface area contributed by atoms with E-state index in [-0.39, 0.29) is 24.9 Å². The number of amides is 1. The summed E-state index contributed by atoms with van der Waals surface area (Å²) >= 11 is 11.0. The summed E-state index contributed by atoms with van der Waals surface area (Å²) in [6, 6.07) is 12.5. The number of benzene rings is 2. The van der Waals surface area contributed by atoms with Gasteiger partial charge < -0.3 is 10.1 Å². The third kappa shape index (κ3) is 4.47. The Morgan fingerprint density at radius 1 is 1.23 bits per heavy atom. The van der Waals surface area contributed by atoms with Gasteiger partial charge in [0.15, 0.2) is 17.2 Å². The molecule has 0 bridgehead atoms. The summed E-state index contributed by atoms with van der Waals surface area (Å²) < 4.78 is 20.4. The Bertz CT molecular complexity index is 954. The van der Waals surface area contributed by atoms with Gasteiger partial charge in [0.2, 0.25) is 0 Å². The number of nitrogens with zero attached hydrogens (tertiary/aromatic N) is 2. The number of hydrogen-bond acceptors (Lipinski definition) is 4. The largest absolute Gasteiger partial charge is 0.484 e. The van der Waals surface area contributed by atoms with Gasteiger partial charge in [-0.25, -0.2) is 4.39 Å². The Balaban J connectivity index is 1.61. The van der Waals surface area contributed by atoms with Gasteiger partial charge in [0.1, 0.15) is 11.6 Å². The van der Waals surface area contributed by atoms with Crippen molar-refractivity contribution in [1.29, 1.82) is 0 Å². The lowest BCUT2D eigenvalue weighted by Crippen LogP contribution is -2.29. The molecule has 0 saturated carbocycles. The molecular formula is C17H14ClFN4O2S. The number of aromatic amines is 1. The molecule has 134 valence electrons. The summed E-state index contributed by atoms with van der Waals surface area (Å²) in [6.45, 7) is -0.0172. The van der Waals surface area contributed by atoms with E-state index >= 15 is 0 Å². The average Bonchev–Trinajstić information content (AvgIpc) is 3.01. The SMILES string of the molecule is O=C(COc1ccc(Cl)cc1)NCc1n[nH]c(=S)n1-c1ccc(F)cc1. The zero-order valence-electron chi connectivity index (χ0n) is 13.4.